The Balaban J connectivity index is 0.000000173. The van der Waals surface area contributed by atoms with Gasteiger partial charge in [-0.1, -0.05) is 36.4 Å². The number of H-pyrrole nitrogens is 2. The third-order valence-corrected chi connectivity index (χ3v) is 3.71. The minimum atomic E-state index is -0.396. The average molecular weight is 357 g/mol. The Morgan fingerprint density at radius 3 is 1.40 bits per heavy atom. The Labute approximate surface area is 149 Å². The van der Waals surface area contributed by atoms with Crippen LogP contribution in [-0.4, -0.2) is 21.8 Å². The van der Waals surface area contributed by atoms with Crippen LogP contribution in [0.15, 0.2) is 60.9 Å². The third kappa shape index (κ3) is 3.64. The fourth-order valence-electron chi connectivity index (χ4n) is 2.55. The lowest BCUT2D eigenvalue weighted by Crippen LogP contribution is -2.09. The molecule has 2 heterocycles. The molecule has 7 heteroatoms. The summed E-state index contributed by atoms with van der Waals surface area (Å²) in [6.45, 7) is 0. The fraction of sp³-hybridized carbons (Fsp3) is 0. The van der Waals surface area contributed by atoms with Gasteiger partial charge < -0.3 is 21.4 Å². The van der Waals surface area contributed by atoms with E-state index in [1.165, 1.54) is 0 Å². The Hall–Kier alpha value is -3.25. The van der Waals surface area contributed by atoms with E-state index in [4.69, 9.17) is 11.5 Å². The van der Waals surface area contributed by atoms with Crippen LogP contribution in [0.25, 0.3) is 21.8 Å². The Kier molecular flexibility index (Phi) is 5.46. The standard InChI is InChI=1S/2C9H8N2O.ClH/c2*10-9(12)7-5-11-8-4-2-1-3-6(7)8;/h2*1-5,11H,(H2,10,12);1H. The normalized spacial score (nSPS) is 9.92. The van der Waals surface area contributed by atoms with Crippen LogP contribution in [0.1, 0.15) is 20.7 Å². The van der Waals surface area contributed by atoms with Crippen LogP contribution < -0.4 is 11.5 Å². The Morgan fingerprint density at radius 1 is 0.680 bits per heavy atom. The molecule has 0 atom stereocenters. The van der Waals surface area contributed by atoms with Crippen LogP contribution in [0.2, 0.25) is 0 Å². The SMILES string of the molecule is Cl.NC(=O)c1c[nH]c2ccccc12.NC(=O)c1c[nH]c2ccccc12. The number of hydrogen-bond donors (Lipinski definition) is 4. The second-order valence-electron chi connectivity index (χ2n) is 5.22. The number of halogens is 1. The fourth-order valence-corrected chi connectivity index (χ4v) is 2.55. The zero-order valence-corrected chi connectivity index (χ0v) is 14.0. The molecule has 2 aromatic heterocycles. The maximum atomic E-state index is 10.9. The first-order valence-electron chi connectivity index (χ1n) is 7.29. The molecule has 0 radical (unpaired) electrons. The molecule has 0 spiro atoms. The molecule has 0 aliphatic heterocycles. The molecule has 0 unspecified atom stereocenters. The van der Waals surface area contributed by atoms with Crippen molar-refractivity contribution in [1.82, 2.24) is 9.97 Å². The van der Waals surface area contributed by atoms with Crippen molar-refractivity contribution in [3.05, 3.63) is 72.1 Å². The first-order chi connectivity index (χ1) is 11.6. The number of aromatic amines is 2. The quantitative estimate of drug-likeness (QED) is 0.442. The first-order valence-corrected chi connectivity index (χ1v) is 7.29. The number of fused-ring (bicyclic) bond motifs is 2. The van der Waals surface area contributed by atoms with Crippen molar-refractivity contribution in [2.45, 2.75) is 0 Å². The van der Waals surface area contributed by atoms with Crippen LogP contribution in [0.4, 0.5) is 0 Å². The molecule has 0 aliphatic carbocycles. The lowest BCUT2D eigenvalue weighted by atomic mass is 10.2. The molecule has 0 saturated carbocycles. The molecule has 2 aromatic carbocycles. The van der Waals surface area contributed by atoms with Crippen molar-refractivity contribution in [2.75, 3.05) is 0 Å². The Bertz CT molecular complexity index is 952. The summed E-state index contributed by atoms with van der Waals surface area (Å²) in [5, 5.41) is 1.76. The lowest BCUT2D eigenvalue weighted by Gasteiger charge is -1.90. The lowest BCUT2D eigenvalue weighted by molar-refractivity contribution is 0.0993. The number of carbonyl (C=O) groups excluding carboxylic acids is 2. The zero-order chi connectivity index (χ0) is 17.1. The number of carbonyl (C=O) groups is 2. The number of hydrogen-bond acceptors (Lipinski definition) is 2. The van der Waals surface area contributed by atoms with Crippen molar-refractivity contribution in [3.8, 4) is 0 Å². The maximum absolute atomic E-state index is 10.9. The van der Waals surface area contributed by atoms with E-state index in [0.717, 1.165) is 21.8 Å². The van der Waals surface area contributed by atoms with Crippen molar-refractivity contribution >= 4 is 46.0 Å². The highest BCUT2D eigenvalue weighted by Crippen LogP contribution is 2.17. The van der Waals surface area contributed by atoms with E-state index in [2.05, 4.69) is 9.97 Å². The molecule has 0 bridgehead atoms. The second-order valence-corrected chi connectivity index (χ2v) is 5.22. The van der Waals surface area contributed by atoms with E-state index in [1.807, 2.05) is 48.5 Å². The van der Waals surface area contributed by atoms with Gasteiger partial charge >= 0.3 is 0 Å². The molecule has 0 aliphatic rings. The van der Waals surface area contributed by atoms with Crippen molar-refractivity contribution in [3.63, 3.8) is 0 Å². The van der Waals surface area contributed by atoms with Gasteiger partial charge in [0, 0.05) is 34.2 Å². The molecular weight excluding hydrogens is 340 g/mol. The van der Waals surface area contributed by atoms with Crippen LogP contribution >= 0.6 is 12.4 Å². The summed E-state index contributed by atoms with van der Waals surface area (Å²) >= 11 is 0. The van der Waals surface area contributed by atoms with E-state index in [0.29, 0.717) is 11.1 Å². The molecule has 2 amide bonds. The smallest absolute Gasteiger partial charge is 0.250 e. The monoisotopic (exact) mass is 356 g/mol. The average Bonchev–Trinajstić information content (AvgIpc) is 3.19. The first kappa shape index (κ1) is 18.1. The van der Waals surface area contributed by atoms with E-state index in [9.17, 15) is 9.59 Å². The number of nitrogens with one attached hydrogen (secondary N) is 2. The van der Waals surface area contributed by atoms with Crippen molar-refractivity contribution < 1.29 is 9.59 Å². The molecule has 6 nitrogen and oxygen atoms in total. The van der Waals surface area contributed by atoms with Gasteiger partial charge in [0.25, 0.3) is 11.8 Å². The number of nitrogens with two attached hydrogens (primary N) is 2. The van der Waals surface area contributed by atoms with Crippen LogP contribution in [-0.2, 0) is 0 Å². The minimum absolute atomic E-state index is 0. The predicted molar refractivity (Wildman–Crippen MR) is 101 cm³/mol. The molecular formula is C18H17ClN4O2. The summed E-state index contributed by atoms with van der Waals surface area (Å²) in [7, 11) is 0. The molecule has 0 saturated heterocycles. The van der Waals surface area contributed by atoms with Gasteiger partial charge in [-0.2, -0.15) is 0 Å². The van der Waals surface area contributed by atoms with Gasteiger partial charge in [0.05, 0.1) is 11.1 Å². The number of primary amides is 2. The van der Waals surface area contributed by atoms with E-state index in [-0.39, 0.29) is 12.4 Å². The van der Waals surface area contributed by atoms with E-state index >= 15 is 0 Å². The summed E-state index contributed by atoms with van der Waals surface area (Å²) in [5.41, 5.74) is 13.3. The molecule has 0 fully saturated rings. The number of para-hydroxylation sites is 2. The minimum Gasteiger partial charge on any atom is -0.366 e. The number of rotatable bonds is 2. The van der Waals surface area contributed by atoms with Crippen LogP contribution in [0, 0.1) is 0 Å². The molecule has 4 rings (SSSR count). The molecule has 4 aromatic rings. The highest BCUT2D eigenvalue weighted by Gasteiger charge is 2.07. The molecule has 25 heavy (non-hydrogen) atoms. The van der Waals surface area contributed by atoms with E-state index < -0.39 is 11.8 Å². The van der Waals surface area contributed by atoms with Gasteiger partial charge in [0.2, 0.25) is 0 Å². The highest BCUT2D eigenvalue weighted by molar-refractivity contribution is 6.06. The third-order valence-electron chi connectivity index (χ3n) is 3.71. The van der Waals surface area contributed by atoms with Gasteiger partial charge in [-0.05, 0) is 12.1 Å². The predicted octanol–water partition coefficient (Wildman–Crippen LogP) is 2.96. The Morgan fingerprint density at radius 2 is 1.04 bits per heavy atom. The summed E-state index contributed by atoms with van der Waals surface area (Å²) < 4.78 is 0. The van der Waals surface area contributed by atoms with E-state index in [1.54, 1.807) is 12.4 Å². The van der Waals surface area contributed by atoms with Gasteiger partial charge in [-0.3, -0.25) is 9.59 Å². The van der Waals surface area contributed by atoms with Crippen LogP contribution in [0.5, 0.6) is 0 Å². The second kappa shape index (κ2) is 7.55. The van der Waals surface area contributed by atoms with Crippen molar-refractivity contribution in [2.24, 2.45) is 11.5 Å². The van der Waals surface area contributed by atoms with Crippen molar-refractivity contribution in [1.29, 1.82) is 0 Å². The van der Waals surface area contributed by atoms with Gasteiger partial charge in [-0.15, -0.1) is 12.4 Å². The number of amides is 2. The van der Waals surface area contributed by atoms with Gasteiger partial charge in [0.15, 0.2) is 0 Å². The van der Waals surface area contributed by atoms with Gasteiger partial charge in [-0.25, -0.2) is 0 Å². The number of benzene rings is 2. The molecule has 128 valence electrons. The maximum Gasteiger partial charge on any atom is 0.250 e. The summed E-state index contributed by atoms with van der Waals surface area (Å²) in [6.07, 6.45) is 3.26. The highest BCUT2D eigenvalue weighted by atomic mass is 35.5. The van der Waals surface area contributed by atoms with Crippen LogP contribution in [0.3, 0.4) is 0 Å². The summed E-state index contributed by atoms with van der Waals surface area (Å²) in [5.74, 6) is -0.792. The summed E-state index contributed by atoms with van der Waals surface area (Å²) in [4.78, 5) is 27.7. The largest absolute Gasteiger partial charge is 0.366 e. The molecule has 6 N–H and O–H groups in total. The topological polar surface area (TPSA) is 118 Å². The van der Waals surface area contributed by atoms with Gasteiger partial charge in [0.1, 0.15) is 0 Å². The zero-order valence-electron chi connectivity index (χ0n) is 13.2. The summed E-state index contributed by atoms with van der Waals surface area (Å²) in [6, 6.07) is 15.1. The number of aromatic nitrogens is 2.